The molecule has 2 heterocycles. The molecular weight excluding hydrogens is 568 g/mol. The number of hydrogen-bond donors (Lipinski definition) is 1. The van der Waals surface area contributed by atoms with E-state index in [2.05, 4.69) is 32.3 Å². The van der Waals surface area contributed by atoms with E-state index in [0.717, 1.165) is 4.47 Å². The summed E-state index contributed by atoms with van der Waals surface area (Å²) >= 11 is 3.49. The van der Waals surface area contributed by atoms with Crippen LogP contribution >= 0.6 is 15.9 Å². The maximum absolute atomic E-state index is 13.3. The summed E-state index contributed by atoms with van der Waals surface area (Å²) in [5.74, 6) is 0.0626. The fourth-order valence-electron chi connectivity index (χ4n) is 4.84. The van der Waals surface area contributed by atoms with E-state index in [1.165, 1.54) is 16.8 Å². The number of non-ortho nitro benzene ring substituents is 1. The molecule has 12 heteroatoms. The summed E-state index contributed by atoms with van der Waals surface area (Å²) in [6.45, 7) is 4.02. The van der Waals surface area contributed by atoms with E-state index in [1.54, 1.807) is 36.5 Å². The number of nitrogens with zero attached hydrogens (tertiary/aromatic N) is 5. The second-order valence-electron chi connectivity index (χ2n) is 10.1. The molecule has 39 heavy (non-hydrogen) atoms. The monoisotopic (exact) mass is 590 g/mol. The summed E-state index contributed by atoms with van der Waals surface area (Å²) in [7, 11) is 0. The van der Waals surface area contributed by atoms with Crippen LogP contribution in [0.5, 0.6) is 5.75 Å². The van der Waals surface area contributed by atoms with Crippen molar-refractivity contribution in [3.05, 3.63) is 97.3 Å². The summed E-state index contributed by atoms with van der Waals surface area (Å²) in [5, 5.41) is 29.1. The maximum Gasteiger partial charge on any atom is 0.269 e. The third-order valence-electron chi connectivity index (χ3n) is 6.60. The largest absolute Gasteiger partial charge is 0.487 e. The normalized spacial score (nSPS) is 18.3. The Morgan fingerprint density at radius 3 is 2.72 bits per heavy atom. The number of ether oxygens (including phenoxy) is 2. The van der Waals surface area contributed by atoms with E-state index < -0.39 is 10.8 Å². The molecule has 1 aliphatic heterocycles. The van der Waals surface area contributed by atoms with Crippen LogP contribution in [0.3, 0.4) is 0 Å². The number of Topliss-reactive ketones (excluding diaryl/α,β-unsaturated/α-hetero) is 1. The molecule has 0 radical (unpaired) electrons. The van der Waals surface area contributed by atoms with Crippen molar-refractivity contribution in [2.45, 2.75) is 39.2 Å². The zero-order valence-electron chi connectivity index (χ0n) is 21.1. The summed E-state index contributed by atoms with van der Waals surface area (Å²) in [6, 6.07) is 13.4. The van der Waals surface area contributed by atoms with Gasteiger partial charge in [0.2, 0.25) is 5.88 Å². The van der Waals surface area contributed by atoms with Crippen molar-refractivity contribution in [2.24, 2.45) is 11.1 Å². The van der Waals surface area contributed by atoms with Crippen LogP contribution in [0, 0.1) is 26.9 Å². The number of rotatable bonds is 6. The molecule has 2 aromatic carbocycles. The lowest BCUT2D eigenvalue weighted by atomic mass is 9.70. The summed E-state index contributed by atoms with van der Waals surface area (Å²) in [6.07, 6.45) is 2.49. The maximum atomic E-state index is 13.3. The number of ketones is 1. The molecule has 2 N–H and O–H groups in total. The van der Waals surface area contributed by atoms with Gasteiger partial charge in [0.25, 0.3) is 5.69 Å². The first kappa shape index (κ1) is 26.1. The van der Waals surface area contributed by atoms with Gasteiger partial charge in [-0.15, -0.1) is 5.10 Å². The minimum absolute atomic E-state index is 0.0243. The molecule has 198 valence electrons. The Kier molecular flexibility index (Phi) is 6.69. The van der Waals surface area contributed by atoms with Crippen LogP contribution in [0.1, 0.15) is 43.9 Å². The molecule has 1 aromatic heterocycles. The van der Waals surface area contributed by atoms with Gasteiger partial charge in [-0.1, -0.05) is 35.0 Å². The first-order chi connectivity index (χ1) is 18.6. The van der Waals surface area contributed by atoms with Crippen LogP contribution in [0.4, 0.5) is 5.69 Å². The Labute approximate surface area is 231 Å². The van der Waals surface area contributed by atoms with Crippen LogP contribution in [-0.4, -0.2) is 25.7 Å². The van der Waals surface area contributed by atoms with Gasteiger partial charge >= 0.3 is 0 Å². The third kappa shape index (κ3) is 5.13. The van der Waals surface area contributed by atoms with Gasteiger partial charge in [-0.05, 0) is 35.7 Å². The van der Waals surface area contributed by atoms with Crippen LogP contribution in [0.15, 0.2) is 75.9 Å². The average molecular weight is 591 g/mol. The predicted octanol–water partition coefficient (Wildman–Crippen LogP) is 4.97. The van der Waals surface area contributed by atoms with E-state index in [0.29, 0.717) is 46.9 Å². The smallest absolute Gasteiger partial charge is 0.269 e. The number of nitrogens with two attached hydrogens (primary N) is 1. The zero-order valence-corrected chi connectivity index (χ0v) is 22.6. The SMILES string of the molecule is CC1(C)CC(=O)C2=C(C1)OC(N)=C(C#N)C2c1cc(Br)ccc1OCc1cn(-c2ccc([N+](=O)[O-])cc2)nn1. The van der Waals surface area contributed by atoms with E-state index in [1.807, 2.05) is 13.8 Å². The Morgan fingerprint density at radius 2 is 2.03 bits per heavy atom. The molecule has 3 aromatic rings. The summed E-state index contributed by atoms with van der Waals surface area (Å²) in [5.41, 5.74) is 8.12. The van der Waals surface area contributed by atoms with E-state index in [9.17, 15) is 20.2 Å². The number of aromatic nitrogens is 3. The third-order valence-corrected chi connectivity index (χ3v) is 7.09. The van der Waals surface area contributed by atoms with Gasteiger partial charge < -0.3 is 15.2 Å². The van der Waals surface area contributed by atoms with Gasteiger partial charge in [0, 0.05) is 40.6 Å². The zero-order chi connectivity index (χ0) is 27.9. The lowest BCUT2D eigenvalue weighted by Crippen LogP contribution is -2.33. The first-order valence-corrected chi connectivity index (χ1v) is 12.8. The fourth-order valence-corrected chi connectivity index (χ4v) is 5.22. The predicted molar refractivity (Wildman–Crippen MR) is 142 cm³/mol. The van der Waals surface area contributed by atoms with Crippen molar-refractivity contribution in [3.63, 3.8) is 0 Å². The van der Waals surface area contributed by atoms with Gasteiger partial charge in [-0.2, -0.15) is 5.26 Å². The lowest BCUT2D eigenvalue weighted by molar-refractivity contribution is -0.384. The number of nitro groups is 1. The van der Waals surface area contributed by atoms with E-state index in [4.69, 9.17) is 15.2 Å². The highest BCUT2D eigenvalue weighted by Gasteiger charge is 2.43. The highest BCUT2D eigenvalue weighted by Crippen LogP contribution is 2.49. The second kappa shape index (κ2) is 9.99. The molecule has 1 unspecified atom stereocenters. The molecule has 0 saturated carbocycles. The lowest BCUT2D eigenvalue weighted by Gasteiger charge is -2.37. The standard InChI is InChI=1S/C27H23BrN6O5/c1-27(2)10-21(35)25-23(11-27)39-26(30)20(12-29)24(25)19-9-15(28)3-8-22(19)38-14-16-13-33(32-31-16)17-4-6-18(7-5-17)34(36)37/h3-9,13,24H,10-11,14,30H2,1-2H3. The van der Waals surface area contributed by atoms with Crippen molar-refractivity contribution >= 4 is 27.4 Å². The summed E-state index contributed by atoms with van der Waals surface area (Å²) < 4.78 is 14.2. The fraction of sp³-hybridized carbons (Fsp3) is 0.259. The van der Waals surface area contributed by atoms with Crippen LogP contribution in [0.2, 0.25) is 0 Å². The number of benzene rings is 2. The molecular formula is C27H23BrN6O5. The Bertz CT molecular complexity index is 1600. The number of halogens is 1. The van der Waals surface area contributed by atoms with Gasteiger partial charge in [0.1, 0.15) is 35.5 Å². The van der Waals surface area contributed by atoms with E-state index in [-0.39, 0.29) is 34.9 Å². The highest BCUT2D eigenvalue weighted by atomic mass is 79.9. The van der Waals surface area contributed by atoms with Crippen LogP contribution in [-0.2, 0) is 16.1 Å². The van der Waals surface area contributed by atoms with Crippen molar-refractivity contribution in [1.29, 1.82) is 5.26 Å². The molecule has 0 bridgehead atoms. The summed E-state index contributed by atoms with van der Waals surface area (Å²) in [4.78, 5) is 23.8. The Hall–Kier alpha value is -4.50. The quantitative estimate of drug-likeness (QED) is 0.309. The Morgan fingerprint density at radius 1 is 1.28 bits per heavy atom. The molecule has 0 fully saturated rings. The molecule has 2 aliphatic rings. The molecule has 11 nitrogen and oxygen atoms in total. The van der Waals surface area contributed by atoms with Gasteiger partial charge in [-0.3, -0.25) is 14.9 Å². The van der Waals surface area contributed by atoms with Crippen molar-refractivity contribution in [2.75, 3.05) is 0 Å². The Balaban J connectivity index is 1.46. The molecule has 1 atom stereocenters. The number of carbonyl (C=O) groups is 1. The van der Waals surface area contributed by atoms with Gasteiger partial charge in [0.15, 0.2) is 5.78 Å². The molecule has 5 rings (SSSR count). The van der Waals surface area contributed by atoms with Gasteiger partial charge in [-0.25, -0.2) is 4.68 Å². The van der Waals surface area contributed by atoms with Crippen molar-refractivity contribution in [1.82, 2.24) is 15.0 Å². The van der Waals surface area contributed by atoms with Crippen molar-refractivity contribution in [3.8, 4) is 17.5 Å². The second-order valence-corrected chi connectivity index (χ2v) is 11.0. The molecule has 1 aliphatic carbocycles. The molecule has 0 saturated heterocycles. The average Bonchev–Trinajstić information content (AvgIpc) is 3.35. The molecule has 0 spiro atoms. The van der Waals surface area contributed by atoms with Crippen molar-refractivity contribution < 1.29 is 19.2 Å². The topological polar surface area (TPSA) is 159 Å². The van der Waals surface area contributed by atoms with Crippen LogP contribution in [0.25, 0.3) is 5.69 Å². The van der Waals surface area contributed by atoms with E-state index >= 15 is 0 Å². The number of carbonyl (C=O) groups excluding carboxylic acids is 1. The number of hydrogen-bond acceptors (Lipinski definition) is 9. The highest BCUT2D eigenvalue weighted by molar-refractivity contribution is 9.10. The number of nitriles is 1. The first-order valence-electron chi connectivity index (χ1n) is 12.0. The number of allylic oxidation sites excluding steroid dienone is 3. The molecule has 0 amide bonds. The minimum atomic E-state index is -0.745. The minimum Gasteiger partial charge on any atom is -0.487 e. The van der Waals surface area contributed by atoms with Gasteiger partial charge in [0.05, 0.1) is 22.7 Å². The van der Waals surface area contributed by atoms with Crippen LogP contribution < -0.4 is 10.5 Å². The number of nitro benzene ring substituents is 1.